The molecular formula is C18H25NO3. The summed E-state index contributed by atoms with van der Waals surface area (Å²) in [6.45, 7) is 9.09. The number of carbonyl (C=O) groups excluding carboxylic acids is 1. The number of piperidine rings is 1. The van der Waals surface area contributed by atoms with Crippen molar-refractivity contribution in [2.75, 3.05) is 13.1 Å². The lowest BCUT2D eigenvalue weighted by Crippen LogP contribution is -2.43. The summed E-state index contributed by atoms with van der Waals surface area (Å²) in [5, 5.41) is 9.53. The second kappa shape index (κ2) is 6.42. The molecule has 1 unspecified atom stereocenters. The number of ether oxygens (including phenoxy) is 1. The predicted octanol–water partition coefficient (Wildman–Crippen LogP) is 4.05. The van der Waals surface area contributed by atoms with E-state index in [2.05, 4.69) is 13.0 Å². The van der Waals surface area contributed by atoms with Gasteiger partial charge in [0.1, 0.15) is 11.4 Å². The lowest BCUT2D eigenvalue weighted by molar-refractivity contribution is 0.0209. The minimum Gasteiger partial charge on any atom is -0.508 e. The van der Waals surface area contributed by atoms with E-state index in [1.807, 2.05) is 32.9 Å². The van der Waals surface area contributed by atoms with Crippen molar-refractivity contribution in [1.82, 2.24) is 4.90 Å². The zero-order valence-corrected chi connectivity index (χ0v) is 13.8. The van der Waals surface area contributed by atoms with E-state index in [4.69, 9.17) is 4.74 Å². The van der Waals surface area contributed by atoms with Gasteiger partial charge in [0.25, 0.3) is 0 Å². The Hall–Kier alpha value is -1.97. The quantitative estimate of drug-likeness (QED) is 0.851. The van der Waals surface area contributed by atoms with Crippen LogP contribution >= 0.6 is 0 Å². The van der Waals surface area contributed by atoms with Gasteiger partial charge in [-0.05, 0) is 50.8 Å². The van der Waals surface area contributed by atoms with Gasteiger partial charge in [0, 0.05) is 13.1 Å². The molecule has 1 aromatic carbocycles. The number of carbonyl (C=O) groups is 1. The Kier molecular flexibility index (Phi) is 4.79. The van der Waals surface area contributed by atoms with E-state index >= 15 is 0 Å². The highest BCUT2D eigenvalue weighted by Gasteiger charge is 2.27. The van der Waals surface area contributed by atoms with Crippen molar-refractivity contribution in [2.45, 2.75) is 39.7 Å². The van der Waals surface area contributed by atoms with Crippen LogP contribution in [-0.2, 0) is 4.74 Å². The number of benzene rings is 1. The fourth-order valence-corrected chi connectivity index (χ4v) is 2.58. The van der Waals surface area contributed by atoms with Crippen LogP contribution in [0.5, 0.6) is 5.75 Å². The highest BCUT2D eigenvalue weighted by Crippen LogP contribution is 2.26. The Labute approximate surface area is 132 Å². The van der Waals surface area contributed by atoms with Crippen molar-refractivity contribution >= 4 is 12.2 Å². The molecule has 0 spiro atoms. The third-order valence-electron chi connectivity index (χ3n) is 3.67. The summed E-state index contributed by atoms with van der Waals surface area (Å²) in [6.07, 6.45) is 2.70. The molecule has 0 aliphatic carbocycles. The molecule has 1 amide bonds. The van der Waals surface area contributed by atoms with Gasteiger partial charge in [-0.3, -0.25) is 0 Å². The van der Waals surface area contributed by atoms with Crippen LogP contribution in [-0.4, -0.2) is 34.8 Å². The molecule has 0 saturated carbocycles. The van der Waals surface area contributed by atoms with Gasteiger partial charge in [0.2, 0.25) is 0 Å². The Morgan fingerprint density at radius 3 is 2.73 bits per heavy atom. The third kappa shape index (κ3) is 4.52. The molecule has 0 bridgehead atoms. The summed E-state index contributed by atoms with van der Waals surface area (Å²) in [5.41, 5.74) is 1.83. The molecule has 0 radical (unpaired) electrons. The summed E-state index contributed by atoms with van der Waals surface area (Å²) in [6, 6.07) is 7.22. The monoisotopic (exact) mass is 303 g/mol. The molecule has 22 heavy (non-hydrogen) atoms. The van der Waals surface area contributed by atoms with Crippen LogP contribution in [0.4, 0.5) is 4.79 Å². The Morgan fingerprint density at radius 2 is 2.14 bits per heavy atom. The van der Waals surface area contributed by atoms with Gasteiger partial charge in [-0.2, -0.15) is 0 Å². The number of hydrogen-bond acceptors (Lipinski definition) is 3. The molecule has 1 heterocycles. The van der Waals surface area contributed by atoms with Crippen LogP contribution in [0.15, 0.2) is 29.8 Å². The fraction of sp³-hybridized carbons (Fsp3) is 0.500. The zero-order valence-electron chi connectivity index (χ0n) is 13.8. The van der Waals surface area contributed by atoms with Crippen molar-refractivity contribution in [1.29, 1.82) is 0 Å². The molecule has 4 nitrogen and oxygen atoms in total. The molecule has 2 rings (SSSR count). The smallest absolute Gasteiger partial charge is 0.410 e. The van der Waals surface area contributed by atoms with Gasteiger partial charge in [-0.15, -0.1) is 0 Å². The average molecular weight is 303 g/mol. The molecule has 120 valence electrons. The van der Waals surface area contributed by atoms with Gasteiger partial charge in [0.05, 0.1) is 0 Å². The van der Waals surface area contributed by atoms with E-state index in [1.165, 1.54) is 5.57 Å². The Bertz CT molecular complexity index is 572. The summed E-state index contributed by atoms with van der Waals surface area (Å²) in [5.74, 6) is 0.553. The number of amides is 1. The number of aromatic hydroxyl groups is 1. The van der Waals surface area contributed by atoms with Crippen LogP contribution in [0, 0.1) is 5.92 Å². The molecule has 1 atom stereocenters. The molecule has 1 aliphatic heterocycles. The van der Waals surface area contributed by atoms with Gasteiger partial charge < -0.3 is 14.7 Å². The minimum absolute atomic E-state index is 0.240. The predicted molar refractivity (Wildman–Crippen MR) is 87.7 cm³/mol. The van der Waals surface area contributed by atoms with Gasteiger partial charge in [0.15, 0.2) is 0 Å². The second-order valence-electron chi connectivity index (χ2n) is 6.89. The van der Waals surface area contributed by atoms with Crippen molar-refractivity contribution in [3.63, 3.8) is 0 Å². The standard InChI is InChI=1S/C18H25NO3/c1-13-12-19(17(21)22-18(2,3)4)9-8-15(13)10-14-6-5-7-16(20)11-14/h5-7,10-11,13,20H,8-9,12H2,1-4H3/b15-10-. The van der Waals surface area contributed by atoms with E-state index in [-0.39, 0.29) is 17.8 Å². The van der Waals surface area contributed by atoms with Crippen molar-refractivity contribution in [3.8, 4) is 5.75 Å². The topological polar surface area (TPSA) is 49.8 Å². The second-order valence-corrected chi connectivity index (χ2v) is 6.89. The van der Waals surface area contributed by atoms with Crippen LogP contribution in [0.2, 0.25) is 0 Å². The summed E-state index contributed by atoms with van der Waals surface area (Å²) >= 11 is 0. The summed E-state index contributed by atoms with van der Waals surface area (Å²) in [7, 11) is 0. The lowest BCUT2D eigenvalue weighted by Gasteiger charge is -2.34. The number of hydrogen-bond donors (Lipinski definition) is 1. The summed E-state index contributed by atoms with van der Waals surface area (Å²) < 4.78 is 5.43. The number of phenolic OH excluding ortho intramolecular Hbond substituents is 1. The van der Waals surface area contributed by atoms with E-state index in [1.54, 1.807) is 17.0 Å². The third-order valence-corrected chi connectivity index (χ3v) is 3.67. The number of phenols is 1. The number of likely N-dealkylation sites (tertiary alicyclic amines) is 1. The summed E-state index contributed by atoms with van der Waals surface area (Å²) in [4.78, 5) is 13.9. The first kappa shape index (κ1) is 16.4. The molecule has 1 N–H and O–H groups in total. The van der Waals surface area contributed by atoms with Crippen molar-refractivity contribution in [3.05, 3.63) is 35.4 Å². The minimum atomic E-state index is -0.460. The van der Waals surface area contributed by atoms with Gasteiger partial charge >= 0.3 is 6.09 Å². The van der Waals surface area contributed by atoms with Crippen LogP contribution in [0.3, 0.4) is 0 Å². The number of nitrogens with zero attached hydrogens (tertiary/aromatic N) is 1. The zero-order chi connectivity index (χ0) is 16.3. The maximum absolute atomic E-state index is 12.1. The van der Waals surface area contributed by atoms with Gasteiger partial charge in [-0.25, -0.2) is 4.79 Å². The SMILES string of the molecule is CC1CN(C(=O)OC(C)(C)C)CC/C1=C/c1cccc(O)c1. The molecule has 1 aliphatic rings. The van der Waals surface area contributed by atoms with Gasteiger partial charge in [-0.1, -0.05) is 30.7 Å². The maximum Gasteiger partial charge on any atom is 0.410 e. The van der Waals surface area contributed by atoms with E-state index in [9.17, 15) is 9.90 Å². The first-order chi connectivity index (χ1) is 10.2. The normalized spacial score (nSPS) is 21.0. The van der Waals surface area contributed by atoms with Crippen LogP contribution in [0.25, 0.3) is 6.08 Å². The fourth-order valence-electron chi connectivity index (χ4n) is 2.58. The van der Waals surface area contributed by atoms with Crippen LogP contribution < -0.4 is 0 Å². The molecule has 0 aromatic heterocycles. The molecule has 1 fully saturated rings. The Morgan fingerprint density at radius 1 is 1.41 bits per heavy atom. The van der Waals surface area contributed by atoms with E-state index < -0.39 is 5.60 Å². The Balaban J connectivity index is 2.02. The lowest BCUT2D eigenvalue weighted by atomic mass is 9.91. The molecule has 4 heteroatoms. The van der Waals surface area contributed by atoms with Crippen LogP contribution in [0.1, 0.15) is 39.7 Å². The van der Waals surface area contributed by atoms with Crippen molar-refractivity contribution in [2.24, 2.45) is 5.92 Å². The largest absolute Gasteiger partial charge is 0.508 e. The highest BCUT2D eigenvalue weighted by molar-refractivity contribution is 5.69. The van der Waals surface area contributed by atoms with E-state index in [0.717, 1.165) is 12.0 Å². The number of rotatable bonds is 1. The maximum atomic E-state index is 12.1. The average Bonchev–Trinajstić information content (AvgIpc) is 2.39. The first-order valence-corrected chi connectivity index (χ1v) is 7.72. The highest BCUT2D eigenvalue weighted by atomic mass is 16.6. The van der Waals surface area contributed by atoms with Crippen molar-refractivity contribution < 1.29 is 14.6 Å². The molecule has 1 saturated heterocycles. The first-order valence-electron chi connectivity index (χ1n) is 7.72. The molecule has 1 aromatic rings. The molecular weight excluding hydrogens is 278 g/mol. The van der Waals surface area contributed by atoms with E-state index in [0.29, 0.717) is 13.1 Å².